The van der Waals surface area contributed by atoms with Gasteiger partial charge < -0.3 is 9.80 Å². The van der Waals surface area contributed by atoms with E-state index in [-0.39, 0.29) is 16.6 Å². The van der Waals surface area contributed by atoms with Gasteiger partial charge >= 0.3 is 0 Å². The van der Waals surface area contributed by atoms with Crippen LogP contribution in [0.4, 0.5) is 5.95 Å². The third-order valence-corrected chi connectivity index (χ3v) is 5.64. The summed E-state index contributed by atoms with van der Waals surface area (Å²) in [6.07, 6.45) is 3.77. The van der Waals surface area contributed by atoms with Crippen molar-refractivity contribution < 1.29 is 4.79 Å². The summed E-state index contributed by atoms with van der Waals surface area (Å²) in [5.74, 6) is 0.393. The average molecular weight is 416 g/mol. The number of hydrogen-bond acceptors (Lipinski definition) is 5. The molecule has 5 nitrogen and oxygen atoms in total. The minimum Gasteiger partial charge on any atom is -0.341 e. The quantitative estimate of drug-likeness (QED) is 0.761. The Bertz CT molecular complexity index is 717. The fourth-order valence-corrected chi connectivity index (χ4v) is 4.18. The van der Waals surface area contributed by atoms with Crippen LogP contribution < -0.4 is 4.90 Å². The molecule has 3 rings (SSSR count). The molecule has 0 saturated carbocycles. The minimum absolute atomic E-state index is 0.192. The van der Waals surface area contributed by atoms with Gasteiger partial charge in [0.25, 0.3) is 5.91 Å². The number of carbonyl (C=O) groups excluding carboxylic acids is 1. The summed E-state index contributed by atoms with van der Waals surface area (Å²) in [7, 11) is 1.75. The molecule has 0 radical (unpaired) electrons. The molecule has 1 amide bonds. The fourth-order valence-electron chi connectivity index (χ4n) is 2.50. The number of rotatable bonds is 4. The summed E-state index contributed by atoms with van der Waals surface area (Å²) in [6.45, 7) is 2.37. The van der Waals surface area contributed by atoms with Crippen LogP contribution in [-0.4, -0.2) is 40.9 Å². The Balaban J connectivity index is 1.78. The fraction of sp³-hybridized carbons (Fsp3) is 0.400. The van der Waals surface area contributed by atoms with Crippen LogP contribution in [0, 0.1) is 0 Å². The van der Waals surface area contributed by atoms with Gasteiger partial charge in [-0.15, -0.1) is 11.3 Å². The van der Waals surface area contributed by atoms with E-state index in [4.69, 9.17) is 11.6 Å². The van der Waals surface area contributed by atoms with E-state index in [1.165, 1.54) is 6.20 Å². The molecule has 122 valence electrons. The highest BCUT2D eigenvalue weighted by atomic mass is 79.9. The number of nitrogens with zero attached hydrogens (tertiary/aromatic N) is 4. The average Bonchev–Trinajstić information content (AvgIpc) is 3.19. The van der Waals surface area contributed by atoms with Gasteiger partial charge in [0.1, 0.15) is 0 Å². The molecule has 1 aliphatic heterocycles. The first-order valence-corrected chi connectivity index (χ1v) is 9.35. The Morgan fingerprint density at radius 2 is 2.22 bits per heavy atom. The number of anilines is 1. The van der Waals surface area contributed by atoms with Gasteiger partial charge in [0.15, 0.2) is 5.69 Å². The summed E-state index contributed by atoms with van der Waals surface area (Å²) >= 11 is 11.2. The van der Waals surface area contributed by atoms with E-state index in [2.05, 4.69) is 30.8 Å². The molecule has 0 spiro atoms. The first-order chi connectivity index (χ1) is 11.0. The molecule has 2 aromatic rings. The van der Waals surface area contributed by atoms with Crippen LogP contribution in [0.1, 0.15) is 28.2 Å². The van der Waals surface area contributed by atoms with E-state index in [9.17, 15) is 4.79 Å². The van der Waals surface area contributed by atoms with Crippen LogP contribution in [0.5, 0.6) is 0 Å². The van der Waals surface area contributed by atoms with Crippen LogP contribution in [-0.2, 0) is 6.54 Å². The Hall–Kier alpha value is -1.18. The van der Waals surface area contributed by atoms with Crippen LogP contribution >= 0.6 is 38.9 Å². The van der Waals surface area contributed by atoms with Crippen LogP contribution in [0.2, 0.25) is 5.02 Å². The molecular weight excluding hydrogens is 400 g/mol. The second-order valence-electron chi connectivity index (χ2n) is 5.45. The zero-order valence-corrected chi connectivity index (χ0v) is 15.8. The van der Waals surface area contributed by atoms with Crippen LogP contribution in [0.3, 0.4) is 0 Å². The van der Waals surface area contributed by atoms with E-state index in [1.807, 2.05) is 11.4 Å². The summed E-state index contributed by atoms with van der Waals surface area (Å²) < 4.78 is 1.02. The van der Waals surface area contributed by atoms with E-state index < -0.39 is 0 Å². The van der Waals surface area contributed by atoms with Gasteiger partial charge in [-0.1, -0.05) is 11.6 Å². The molecule has 0 bridgehead atoms. The van der Waals surface area contributed by atoms with Crippen molar-refractivity contribution in [1.82, 2.24) is 14.9 Å². The lowest BCUT2D eigenvalue weighted by atomic mass is 10.3. The van der Waals surface area contributed by atoms with Crippen molar-refractivity contribution in [3.8, 4) is 0 Å². The molecule has 2 aromatic heterocycles. The first-order valence-electron chi connectivity index (χ1n) is 7.30. The molecule has 3 heterocycles. The number of thiophene rings is 1. The van der Waals surface area contributed by atoms with Gasteiger partial charge in [-0.05, 0) is 34.8 Å². The highest BCUT2D eigenvalue weighted by molar-refractivity contribution is 9.10. The Morgan fingerprint density at radius 1 is 1.48 bits per heavy atom. The molecule has 0 N–H and O–H groups in total. The summed E-state index contributed by atoms with van der Waals surface area (Å²) in [5, 5.41) is 2.29. The lowest BCUT2D eigenvalue weighted by Gasteiger charge is -2.19. The molecule has 1 fully saturated rings. The SMILES string of the molecule is CN(Cc1cc(Br)cs1)C(=O)c1nc(N2CCCC2)ncc1Cl. The molecule has 0 aliphatic carbocycles. The maximum atomic E-state index is 12.7. The smallest absolute Gasteiger partial charge is 0.274 e. The van der Waals surface area contributed by atoms with Gasteiger partial charge in [0, 0.05) is 34.9 Å². The van der Waals surface area contributed by atoms with E-state index in [1.54, 1.807) is 23.3 Å². The number of hydrogen-bond donors (Lipinski definition) is 0. The van der Waals surface area contributed by atoms with Crippen molar-refractivity contribution in [3.05, 3.63) is 37.7 Å². The largest absolute Gasteiger partial charge is 0.341 e. The lowest BCUT2D eigenvalue weighted by Crippen LogP contribution is -2.28. The zero-order chi connectivity index (χ0) is 16.4. The minimum atomic E-state index is -0.192. The Kier molecular flexibility index (Phi) is 5.18. The molecule has 0 unspecified atom stereocenters. The monoisotopic (exact) mass is 414 g/mol. The molecule has 8 heteroatoms. The van der Waals surface area contributed by atoms with Crippen molar-refractivity contribution in [3.63, 3.8) is 0 Å². The van der Waals surface area contributed by atoms with Crippen molar-refractivity contribution in [1.29, 1.82) is 0 Å². The van der Waals surface area contributed by atoms with E-state index in [0.29, 0.717) is 12.5 Å². The maximum Gasteiger partial charge on any atom is 0.274 e. The summed E-state index contributed by atoms with van der Waals surface area (Å²) in [6, 6.07) is 2.01. The number of halogens is 2. The highest BCUT2D eigenvalue weighted by Gasteiger charge is 2.22. The van der Waals surface area contributed by atoms with Gasteiger partial charge in [0.2, 0.25) is 5.95 Å². The highest BCUT2D eigenvalue weighted by Crippen LogP contribution is 2.23. The molecule has 1 aliphatic rings. The third kappa shape index (κ3) is 3.84. The van der Waals surface area contributed by atoms with E-state index in [0.717, 1.165) is 35.3 Å². The number of aromatic nitrogens is 2. The van der Waals surface area contributed by atoms with Gasteiger partial charge in [0.05, 0.1) is 17.8 Å². The van der Waals surface area contributed by atoms with Crippen molar-refractivity contribution in [2.45, 2.75) is 19.4 Å². The number of amides is 1. The van der Waals surface area contributed by atoms with Crippen LogP contribution in [0.25, 0.3) is 0 Å². The Labute approximate surface area is 152 Å². The second-order valence-corrected chi connectivity index (χ2v) is 7.77. The normalized spacial score (nSPS) is 14.3. The first kappa shape index (κ1) is 16.7. The zero-order valence-electron chi connectivity index (χ0n) is 12.6. The third-order valence-electron chi connectivity index (χ3n) is 3.68. The van der Waals surface area contributed by atoms with Crippen molar-refractivity contribution >= 4 is 50.7 Å². The lowest BCUT2D eigenvalue weighted by molar-refractivity contribution is 0.0780. The topological polar surface area (TPSA) is 49.3 Å². The van der Waals surface area contributed by atoms with E-state index >= 15 is 0 Å². The van der Waals surface area contributed by atoms with Crippen LogP contribution in [0.15, 0.2) is 22.1 Å². The standard InChI is InChI=1S/C15H16BrClN4OS/c1-20(8-11-6-10(16)9-23-11)14(22)13-12(17)7-18-15(19-13)21-4-2-3-5-21/h6-7,9H,2-5,8H2,1H3. The molecular formula is C15H16BrClN4OS. The summed E-state index contributed by atoms with van der Waals surface area (Å²) in [5.41, 5.74) is 0.265. The predicted octanol–water partition coefficient (Wildman–Crippen LogP) is 3.83. The van der Waals surface area contributed by atoms with Gasteiger partial charge in [-0.2, -0.15) is 0 Å². The summed E-state index contributed by atoms with van der Waals surface area (Å²) in [4.78, 5) is 26.1. The Morgan fingerprint density at radius 3 is 2.87 bits per heavy atom. The predicted molar refractivity (Wildman–Crippen MR) is 96.3 cm³/mol. The molecule has 1 saturated heterocycles. The van der Waals surface area contributed by atoms with Crippen molar-refractivity contribution in [2.24, 2.45) is 0 Å². The maximum absolute atomic E-state index is 12.7. The molecule has 0 aromatic carbocycles. The molecule has 23 heavy (non-hydrogen) atoms. The molecule has 0 atom stereocenters. The van der Waals surface area contributed by atoms with Gasteiger partial charge in [-0.25, -0.2) is 9.97 Å². The van der Waals surface area contributed by atoms with Crippen molar-refractivity contribution in [2.75, 3.05) is 25.0 Å². The van der Waals surface area contributed by atoms with Gasteiger partial charge in [-0.3, -0.25) is 4.79 Å². The number of carbonyl (C=O) groups is 1. The second kappa shape index (κ2) is 7.15.